The highest BCUT2D eigenvalue weighted by Crippen LogP contribution is 2.18. The van der Waals surface area contributed by atoms with Crippen molar-refractivity contribution in [3.8, 4) is 0 Å². The number of piperidine rings is 1. The van der Waals surface area contributed by atoms with Gasteiger partial charge in [-0.15, -0.1) is 0 Å². The first-order valence-corrected chi connectivity index (χ1v) is 8.95. The lowest BCUT2D eigenvalue weighted by molar-refractivity contribution is 0.0179. The molecule has 1 aliphatic heterocycles. The molecule has 2 aromatic rings. The van der Waals surface area contributed by atoms with Crippen molar-refractivity contribution < 1.29 is 18.7 Å². The number of H-pyrrole nitrogens is 1. The summed E-state index contributed by atoms with van der Waals surface area (Å²) in [7, 11) is 0. The van der Waals surface area contributed by atoms with E-state index < -0.39 is 17.7 Å². The number of aromatic amines is 1. The second-order valence-corrected chi connectivity index (χ2v) is 7.87. The molecule has 0 aliphatic carbocycles. The molecule has 0 bridgehead atoms. The smallest absolute Gasteiger partial charge is 0.410 e. The van der Waals surface area contributed by atoms with Crippen LogP contribution in [0.4, 0.5) is 9.18 Å². The SMILES string of the molecule is CC(C)(C)OC(=O)N1CC[C@H](NC(=O)c2cc3cc(F)ccc3[nH]2)[C@H](N)C1. The Hall–Kier alpha value is -2.61. The molecule has 0 spiro atoms. The number of hydrogen-bond acceptors (Lipinski definition) is 4. The summed E-state index contributed by atoms with van der Waals surface area (Å²) in [6.45, 7) is 6.18. The van der Waals surface area contributed by atoms with Crippen LogP contribution in [0.25, 0.3) is 10.9 Å². The minimum Gasteiger partial charge on any atom is -0.444 e. The largest absolute Gasteiger partial charge is 0.444 e. The van der Waals surface area contributed by atoms with Gasteiger partial charge in [-0.25, -0.2) is 9.18 Å². The van der Waals surface area contributed by atoms with Crippen LogP contribution in [0.5, 0.6) is 0 Å². The molecular weight excluding hydrogens is 351 g/mol. The zero-order valence-electron chi connectivity index (χ0n) is 15.7. The van der Waals surface area contributed by atoms with E-state index in [-0.39, 0.29) is 17.8 Å². The van der Waals surface area contributed by atoms with Gasteiger partial charge in [0, 0.05) is 36.1 Å². The van der Waals surface area contributed by atoms with Crippen LogP contribution in [0, 0.1) is 5.82 Å². The number of benzene rings is 1. The summed E-state index contributed by atoms with van der Waals surface area (Å²) in [6.07, 6.45) is 0.126. The number of likely N-dealkylation sites (tertiary alicyclic amines) is 1. The number of carbonyl (C=O) groups is 2. The number of hydrogen-bond donors (Lipinski definition) is 3. The molecule has 7 nitrogen and oxygen atoms in total. The standard InChI is InChI=1S/C19H25FN4O3/c1-19(2,3)27-18(26)24-7-6-15(13(21)10-24)23-17(25)16-9-11-8-12(20)4-5-14(11)22-16/h4-5,8-9,13,15,22H,6-7,10,21H2,1-3H3,(H,23,25)/t13-,15+/m1/s1. The van der Waals surface area contributed by atoms with Gasteiger partial charge in [0.25, 0.3) is 5.91 Å². The van der Waals surface area contributed by atoms with Crippen LogP contribution in [0.15, 0.2) is 24.3 Å². The number of amides is 2. The van der Waals surface area contributed by atoms with E-state index in [2.05, 4.69) is 10.3 Å². The number of aromatic nitrogens is 1. The van der Waals surface area contributed by atoms with Crippen LogP contribution >= 0.6 is 0 Å². The van der Waals surface area contributed by atoms with E-state index in [9.17, 15) is 14.0 Å². The zero-order chi connectivity index (χ0) is 19.8. The quantitative estimate of drug-likeness (QED) is 0.749. The Morgan fingerprint density at radius 2 is 2.07 bits per heavy atom. The Morgan fingerprint density at radius 3 is 2.74 bits per heavy atom. The number of nitrogens with two attached hydrogens (primary N) is 1. The first-order valence-electron chi connectivity index (χ1n) is 8.95. The molecule has 4 N–H and O–H groups in total. The lowest BCUT2D eigenvalue weighted by Gasteiger charge is -2.37. The summed E-state index contributed by atoms with van der Waals surface area (Å²) >= 11 is 0. The fourth-order valence-electron chi connectivity index (χ4n) is 3.13. The minimum atomic E-state index is -0.568. The lowest BCUT2D eigenvalue weighted by atomic mass is 10.00. The third-order valence-corrected chi connectivity index (χ3v) is 4.45. The number of nitrogens with one attached hydrogen (secondary N) is 2. The highest BCUT2D eigenvalue weighted by Gasteiger charge is 2.32. The Balaban J connectivity index is 1.61. The fourth-order valence-corrected chi connectivity index (χ4v) is 3.13. The number of halogens is 1. The average Bonchev–Trinajstić information content (AvgIpc) is 2.98. The van der Waals surface area contributed by atoms with Gasteiger partial charge in [-0.2, -0.15) is 0 Å². The molecule has 1 aromatic carbocycles. The third kappa shape index (κ3) is 4.57. The normalized spacial score (nSPS) is 20.6. The first-order chi connectivity index (χ1) is 12.6. The van der Waals surface area contributed by atoms with Crippen molar-refractivity contribution in [2.45, 2.75) is 44.9 Å². The van der Waals surface area contributed by atoms with Crippen LogP contribution in [-0.2, 0) is 4.74 Å². The Bertz CT molecular complexity index is 858. The van der Waals surface area contributed by atoms with Gasteiger partial charge >= 0.3 is 6.09 Å². The molecule has 1 fully saturated rings. The highest BCUT2D eigenvalue weighted by molar-refractivity contribution is 5.98. The van der Waals surface area contributed by atoms with E-state index >= 15 is 0 Å². The van der Waals surface area contributed by atoms with Gasteiger partial charge in [0.05, 0.1) is 0 Å². The van der Waals surface area contributed by atoms with Crippen molar-refractivity contribution in [2.24, 2.45) is 5.73 Å². The molecule has 0 radical (unpaired) electrons. The summed E-state index contributed by atoms with van der Waals surface area (Å²) in [4.78, 5) is 29.2. The van der Waals surface area contributed by atoms with Crippen molar-refractivity contribution in [2.75, 3.05) is 13.1 Å². The average molecular weight is 376 g/mol. The molecule has 1 aromatic heterocycles. The van der Waals surface area contributed by atoms with Crippen LogP contribution in [-0.4, -0.2) is 52.7 Å². The van der Waals surface area contributed by atoms with E-state index in [1.807, 2.05) is 20.8 Å². The third-order valence-electron chi connectivity index (χ3n) is 4.45. The summed E-state index contributed by atoms with van der Waals surface area (Å²) in [5.74, 6) is -0.664. The molecular formula is C19H25FN4O3. The lowest BCUT2D eigenvalue weighted by Crippen LogP contribution is -2.59. The van der Waals surface area contributed by atoms with Gasteiger partial charge in [-0.1, -0.05) is 0 Å². The second-order valence-electron chi connectivity index (χ2n) is 7.87. The molecule has 146 valence electrons. The van der Waals surface area contributed by atoms with Crippen LogP contribution in [0.3, 0.4) is 0 Å². The van der Waals surface area contributed by atoms with Crippen LogP contribution in [0.2, 0.25) is 0 Å². The monoisotopic (exact) mass is 376 g/mol. The molecule has 0 saturated carbocycles. The van der Waals surface area contributed by atoms with Gasteiger partial charge in [0.1, 0.15) is 17.1 Å². The van der Waals surface area contributed by atoms with Gasteiger partial charge in [-0.05, 0) is 51.5 Å². The number of fused-ring (bicyclic) bond motifs is 1. The molecule has 1 aliphatic rings. The summed E-state index contributed by atoms with van der Waals surface area (Å²) in [5.41, 5.74) is 6.63. The summed E-state index contributed by atoms with van der Waals surface area (Å²) in [6, 6.07) is 5.23. The molecule has 27 heavy (non-hydrogen) atoms. The topological polar surface area (TPSA) is 100 Å². The fraction of sp³-hybridized carbons (Fsp3) is 0.474. The van der Waals surface area contributed by atoms with Crippen LogP contribution in [0.1, 0.15) is 37.7 Å². The molecule has 2 heterocycles. The van der Waals surface area contributed by atoms with Gasteiger partial charge in [0.15, 0.2) is 0 Å². The number of carbonyl (C=O) groups excluding carboxylic acids is 2. The zero-order valence-corrected chi connectivity index (χ0v) is 15.7. The predicted octanol–water partition coefficient (Wildman–Crippen LogP) is 2.37. The maximum absolute atomic E-state index is 13.3. The minimum absolute atomic E-state index is 0.265. The molecule has 0 unspecified atom stereocenters. The Labute approximate surface area is 157 Å². The molecule has 1 saturated heterocycles. The van der Waals surface area contributed by atoms with E-state index in [4.69, 9.17) is 10.5 Å². The summed E-state index contributed by atoms with van der Waals surface area (Å²) < 4.78 is 18.7. The van der Waals surface area contributed by atoms with Crippen LogP contribution < -0.4 is 11.1 Å². The predicted molar refractivity (Wildman–Crippen MR) is 99.9 cm³/mol. The molecule has 8 heteroatoms. The van der Waals surface area contributed by atoms with Crippen molar-refractivity contribution in [1.29, 1.82) is 0 Å². The number of rotatable bonds is 2. The Morgan fingerprint density at radius 1 is 1.33 bits per heavy atom. The van der Waals surface area contributed by atoms with E-state index in [1.165, 1.54) is 12.1 Å². The highest BCUT2D eigenvalue weighted by atomic mass is 19.1. The van der Waals surface area contributed by atoms with Gasteiger partial charge < -0.3 is 25.7 Å². The molecule has 2 amide bonds. The number of nitrogens with zero attached hydrogens (tertiary/aromatic N) is 1. The van der Waals surface area contributed by atoms with Gasteiger partial charge in [-0.3, -0.25) is 4.79 Å². The van der Waals surface area contributed by atoms with Crippen molar-refractivity contribution in [3.05, 3.63) is 35.8 Å². The first kappa shape index (κ1) is 19.2. The van der Waals surface area contributed by atoms with Crippen molar-refractivity contribution >= 4 is 22.9 Å². The van der Waals surface area contributed by atoms with Crippen molar-refractivity contribution in [3.63, 3.8) is 0 Å². The second kappa shape index (κ2) is 7.19. The number of ether oxygens (including phenoxy) is 1. The van der Waals surface area contributed by atoms with Crippen molar-refractivity contribution in [1.82, 2.24) is 15.2 Å². The van der Waals surface area contributed by atoms with Gasteiger partial charge in [0.2, 0.25) is 0 Å². The van der Waals surface area contributed by atoms with E-state index in [0.717, 1.165) is 0 Å². The maximum Gasteiger partial charge on any atom is 0.410 e. The molecule has 3 rings (SSSR count). The summed E-state index contributed by atoms with van der Waals surface area (Å²) in [5, 5.41) is 3.53. The van der Waals surface area contributed by atoms with E-state index in [1.54, 1.807) is 17.0 Å². The molecule has 2 atom stereocenters. The maximum atomic E-state index is 13.3. The Kier molecular flexibility index (Phi) is 5.10. The van der Waals surface area contributed by atoms with E-state index in [0.29, 0.717) is 36.1 Å².